The van der Waals surface area contributed by atoms with Gasteiger partial charge in [-0.1, -0.05) is 13.0 Å². The fourth-order valence-corrected chi connectivity index (χ4v) is 3.95. The van der Waals surface area contributed by atoms with Crippen molar-refractivity contribution in [1.29, 1.82) is 0 Å². The van der Waals surface area contributed by atoms with Gasteiger partial charge in [-0.3, -0.25) is 4.98 Å². The van der Waals surface area contributed by atoms with Crippen LogP contribution in [0.5, 0.6) is 0 Å². The number of carbonyl (C=O) groups is 1. The first-order valence-electron chi connectivity index (χ1n) is 7.59. The van der Waals surface area contributed by atoms with Gasteiger partial charge in [0, 0.05) is 16.7 Å². The van der Waals surface area contributed by atoms with Crippen LogP contribution in [0.1, 0.15) is 22.8 Å². The Labute approximate surface area is 164 Å². The lowest BCUT2D eigenvalue weighted by Gasteiger charge is -2.15. The maximum atomic E-state index is 13.0. The van der Waals surface area contributed by atoms with E-state index in [1.54, 1.807) is 0 Å². The summed E-state index contributed by atoms with van der Waals surface area (Å²) in [5.41, 5.74) is -7.83. The monoisotopic (exact) mass is 459 g/mol. The van der Waals surface area contributed by atoms with E-state index in [1.807, 2.05) is 0 Å². The largest absolute Gasteiger partial charge is 0.478 e. The Morgan fingerprint density at radius 2 is 1.76 bits per heavy atom. The maximum Gasteiger partial charge on any atom is 0.446 e. The minimum absolute atomic E-state index is 0.325. The lowest BCUT2D eigenvalue weighted by Crippen LogP contribution is -2.13. The third kappa shape index (κ3) is 5.41. The molecule has 0 unspecified atom stereocenters. The molecule has 0 radical (unpaired) electrons. The zero-order chi connectivity index (χ0) is 22.2. The van der Waals surface area contributed by atoms with Crippen molar-refractivity contribution in [3.8, 4) is 11.3 Å². The average Bonchev–Trinajstić information content (AvgIpc) is 2.59. The molecule has 2 rings (SSSR count). The Morgan fingerprint density at radius 3 is 2.24 bits per heavy atom. The Balaban J connectivity index is 2.78. The zero-order valence-corrected chi connectivity index (χ0v) is 15.9. The number of alkyl halides is 6. The van der Waals surface area contributed by atoms with Crippen molar-refractivity contribution >= 4 is 27.6 Å². The van der Waals surface area contributed by atoms with E-state index >= 15 is 0 Å². The smallest absolute Gasteiger partial charge is 0.446 e. The number of thioether (sulfide) groups is 1. The number of benzene rings is 1. The van der Waals surface area contributed by atoms with Gasteiger partial charge in [-0.15, -0.1) is 0 Å². The third-order valence-electron chi connectivity index (χ3n) is 3.61. The number of aromatic carboxylic acids is 1. The first-order valence-corrected chi connectivity index (χ1v) is 10.1. The van der Waals surface area contributed by atoms with Crippen LogP contribution in [-0.2, 0) is 16.0 Å². The second kappa shape index (κ2) is 7.86. The fourth-order valence-electron chi connectivity index (χ4n) is 2.30. The summed E-state index contributed by atoms with van der Waals surface area (Å²) in [6, 6.07) is 2.73. The highest BCUT2D eigenvalue weighted by molar-refractivity contribution is 8.00. The predicted molar refractivity (Wildman–Crippen MR) is 91.3 cm³/mol. The summed E-state index contributed by atoms with van der Waals surface area (Å²) in [5.74, 6) is -2.31. The van der Waals surface area contributed by atoms with E-state index in [0.29, 0.717) is 18.3 Å². The first kappa shape index (κ1) is 23.0. The summed E-state index contributed by atoms with van der Waals surface area (Å²) in [5, 5.41) is 9.34. The van der Waals surface area contributed by atoms with Gasteiger partial charge in [0.25, 0.3) is 0 Å². The van der Waals surface area contributed by atoms with Crippen molar-refractivity contribution in [3.05, 3.63) is 41.6 Å². The van der Waals surface area contributed by atoms with Crippen LogP contribution >= 0.6 is 11.8 Å². The summed E-state index contributed by atoms with van der Waals surface area (Å²) in [7, 11) is -4.28. The molecule has 0 aliphatic rings. The lowest BCUT2D eigenvalue weighted by atomic mass is 10.0. The molecule has 13 heteroatoms. The van der Waals surface area contributed by atoms with Crippen molar-refractivity contribution in [2.24, 2.45) is 0 Å². The van der Waals surface area contributed by atoms with Crippen molar-refractivity contribution in [2.75, 3.05) is 5.75 Å². The molecule has 29 heavy (non-hydrogen) atoms. The number of pyridine rings is 1. The molecule has 1 aromatic heterocycles. The van der Waals surface area contributed by atoms with Crippen LogP contribution in [-0.4, -0.2) is 35.7 Å². The van der Waals surface area contributed by atoms with Crippen LogP contribution in [0.25, 0.3) is 11.3 Å². The van der Waals surface area contributed by atoms with Crippen LogP contribution in [0.15, 0.2) is 40.3 Å². The van der Waals surface area contributed by atoms with Crippen molar-refractivity contribution < 1.29 is 44.7 Å². The summed E-state index contributed by atoms with van der Waals surface area (Å²) in [4.78, 5) is 13.6. The molecule has 1 N–H and O–H groups in total. The summed E-state index contributed by atoms with van der Waals surface area (Å²) in [6.07, 6.45) is -4.58. The van der Waals surface area contributed by atoms with Crippen LogP contribution in [0.4, 0.5) is 26.3 Å². The molecule has 0 spiro atoms. The zero-order valence-electron chi connectivity index (χ0n) is 14.3. The molecule has 2 aromatic rings. The van der Waals surface area contributed by atoms with Gasteiger partial charge < -0.3 is 5.11 Å². The van der Waals surface area contributed by atoms with Gasteiger partial charge in [0.2, 0.25) is 0 Å². The standard InChI is InChI=1S/C16H11F6NO4S2/c1-2-29(26,27)12-5-8(15(17,18)19)7-23-13(12)10-4-3-9(28-16(20,21)22)6-11(10)14(24)25/h3-7H,2H2,1H3,(H,24,25). The molecule has 1 heterocycles. The quantitative estimate of drug-likeness (QED) is 0.507. The maximum absolute atomic E-state index is 13.0. The fraction of sp³-hybridized carbons (Fsp3) is 0.250. The summed E-state index contributed by atoms with van der Waals surface area (Å²) >= 11 is -0.594. The van der Waals surface area contributed by atoms with Crippen molar-refractivity contribution in [3.63, 3.8) is 0 Å². The third-order valence-corrected chi connectivity index (χ3v) is 6.07. The molecule has 158 valence electrons. The minimum atomic E-state index is -4.91. The van der Waals surface area contributed by atoms with Crippen LogP contribution in [0.3, 0.4) is 0 Å². The topological polar surface area (TPSA) is 84.3 Å². The highest BCUT2D eigenvalue weighted by Crippen LogP contribution is 2.40. The Morgan fingerprint density at radius 1 is 1.14 bits per heavy atom. The second-order valence-electron chi connectivity index (χ2n) is 5.53. The van der Waals surface area contributed by atoms with Crippen LogP contribution < -0.4 is 0 Å². The molecule has 0 aliphatic carbocycles. The Bertz CT molecular complexity index is 1050. The number of halogens is 6. The minimum Gasteiger partial charge on any atom is -0.478 e. The highest BCUT2D eigenvalue weighted by atomic mass is 32.2. The molecule has 0 amide bonds. The molecule has 1 aromatic carbocycles. The van der Waals surface area contributed by atoms with Gasteiger partial charge in [0.1, 0.15) is 0 Å². The SMILES string of the molecule is CCS(=O)(=O)c1cc(C(F)(F)F)cnc1-c1ccc(SC(F)(F)F)cc1C(=O)O. The average molecular weight is 459 g/mol. The van der Waals surface area contributed by atoms with Gasteiger partial charge in [-0.05, 0) is 30.0 Å². The number of carboxylic acid groups (broad SMARTS) is 1. The highest BCUT2D eigenvalue weighted by Gasteiger charge is 2.34. The number of aromatic nitrogens is 1. The number of carboxylic acids is 1. The Kier molecular flexibility index (Phi) is 6.23. The molecular weight excluding hydrogens is 448 g/mol. The Hall–Kier alpha value is -2.28. The van der Waals surface area contributed by atoms with Crippen LogP contribution in [0.2, 0.25) is 0 Å². The molecule has 0 saturated heterocycles. The summed E-state index contributed by atoms with van der Waals surface area (Å²) in [6.45, 7) is 1.17. The van der Waals surface area contributed by atoms with Crippen molar-refractivity contribution in [2.45, 2.75) is 28.4 Å². The van der Waals surface area contributed by atoms with Crippen LogP contribution in [0, 0.1) is 0 Å². The molecule has 0 saturated carbocycles. The molecule has 5 nitrogen and oxygen atoms in total. The predicted octanol–water partition coefficient (Wildman–Crippen LogP) is 4.87. The van der Waals surface area contributed by atoms with E-state index in [0.717, 1.165) is 12.1 Å². The molecule has 0 atom stereocenters. The molecule has 0 fully saturated rings. The molecule has 0 bridgehead atoms. The first-order chi connectivity index (χ1) is 13.2. The number of hydrogen-bond donors (Lipinski definition) is 1. The van der Waals surface area contributed by atoms with E-state index < -0.39 is 77.2 Å². The van der Waals surface area contributed by atoms with Crippen molar-refractivity contribution in [1.82, 2.24) is 4.98 Å². The van der Waals surface area contributed by atoms with Gasteiger partial charge in [0.15, 0.2) is 9.84 Å². The lowest BCUT2D eigenvalue weighted by molar-refractivity contribution is -0.138. The second-order valence-corrected chi connectivity index (χ2v) is 8.92. The normalized spacial score (nSPS) is 12.8. The van der Waals surface area contributed by atoms with E-state index in [2.05, 4.69) is 4.98 Å². The molecule has 0 aliphatic heterocycles. The van der Waals surface area contributed by atoms with Gasteiger partial charge >= 0.3 is 17.7 Å². The van der Waals surface area contributed by atoms with E-state index in [9.17, 15) is 44.7 Å². The number of rotatable bonds is 5. The molecular formula is C16H11F6NO4S2. The number of nitrogens with zero attached hydrogens (tertiary/aromatic N) is 1. The van der Waals surface area contributed by atoms with Gasteiger partial charge in [0.05, 0.1) is 27.5 Å². The number of sulfone groups is 1. The number of hydrogen-bond acceptors (Lipinski definition) is 5. The summed E-state index contributed by atoms with van der Waals surface area (Å²) < 4.78 is 101. The van der Waals surface area contributed by atoms with Gasteiger partial charge in [-0.25, -0.2) is 13.2 Å². The van der Waals surface area contributed by atoms with E-state index in [4.69, 9.17) is 0 Å². The van der Waals surface area contributed by atoms with Gasteiger partial charge in [-0.2, -0.15) is 26.3 Å². The van der Waals surface area contributed by atoms with E-state index in [1.165, 1.54) is 6.92 Å². The van der Waals surface area contributed by atoms with E-state index in [-0.39, 0.29) is 0 Å².